The number of nitrogens with zero attached hydrogens (tertiary/aromatic N) is 3. The number of amides is 1. The van der Waals surface area contributed by atoms with E-state index >= 15 is 0 Å². The number of aliphatic imine (C=N–C) groups is 2. The molecule has 152 valence electrons. The van der Waals surface area contributed by atoms with Crippen LogP contribution in [0.5, 0.6) is 5.75 Å². The van der Waals surface area contributed by atoms with Gasteiger partial charge in [-0.3, -0.25) is 9.69 Å². The third-order valence-corrected chi connectivity index (χ3v) is 4.87. The van der Waals surface area contributed by atoms with E-state index in [0.717, 1.165) is 11.6 Å². The van der Waals surface area contributed by atoms with E-state index in [4.69, 9.17) is 4.42 Å². The summed E-state index contributed by atoms with van der Waals surface area (Å²) in [5, 5.41) is 9.81. The van der Waals surface area contributed by atoms with Crippen molar-refractivity contribution in [1.29, 1.82) is 0 Å². The summed E-state index contributed by atoms with van der Waals surface area (Å²) in [6, 6.07) is 16.8. The highest BCUT2D eigenvalue weighted by molar-refractivity contribution is 6.48. The largest absolute Gasteiger partial charge is 0.508 e. The molecule has 5 rings (SSSR count). The van der Waals surface area contributed by atoms with Crippen LogP contribution in [0.3, 0.4) is 0 Å². The molecule has 0 atom stereocenters. The van der Waals surface area contributed by atoms with Crippen LogP contribution in [-0.4, -0.2) is 27.5 Å². The molecule has 2 aliphatic heterocycles. The third kappa shape index (κ3) is 3.69. The zero-order valence-corrected chi connectivity index (χ0v) is 16.2. The number of fused-ring (bicyclic) bond motifs is 1. The normalized spacial score (nSPS) is 16.8. The Bertz CT molecular complexity index is 1270. The lowest BCUT2D eigenvalue weighted by Gasteiger charge is -2.22. The molecule has 0 radical (unpaired) electrons. The van der Waals surface area contributed by atoms with Crippen LogP contribution in [-0.2, 0) is 11.2 Å². The number of rotatable bonds is 4. The Morgan fingerprint density at radius 3 is 2.65 bits per heavy atom. The summed E-state index contributed by atoms with van der Waals surface area (Å²) in [6.07, 6.45) is 5.02. The Labute approximate surface area is 177 Å². The van der Waals surface area contributed by atoms with Gasteiger partial charge in [0.2, 0.25) is 0 Å². The van der Waals surface area contributed by atoms with E-state index in [2.05, 4.69) is 9.98 Å². The molecule has 7 heteroatoms. The van der Waals surface area contributed by atoms with Crippen molar-refractivity contribution in [2.45, 2.75) is 6.42 Å². The van der Waals surface area contributed by atoms with Gasteiger partial charge in [0, 0.05) is 30.3 Å². The molecule has 0 spiro atoms. The van der Waals surface area contributed by atoms with E-state index in [1.165, 1.54) is 29.5 Å². The Hall–Kier alpha value is -4.26. The molecule has 0 saturated heterocycles. The summed E-state index contributed by atoms with van der Waals surface area (Å²) in [5.74, 6) is -0.239. The minimum atomic E-state index is -0.596. The van der Waals surface area contributed by atoms with Crippen molar-refractivity contribution >= 4 is 29.2 Å². The molecule has 3 aromatic rings. The van der Waals surface area contributed by atoms with Gasteiger partial charge >= 0.3 is 0 Å². The van der Waals surface area contributed by atoms with Crippen LogP contribution in [0.2, 0.25) is 0 Å². The molecule has 2 aromatic carbocycles. The van der Waals surface area contributed by atoms with Crippen molar-refractivity contribution in [1.82, 2.24) is 4.90 Å². The van der Waals surface area contributed by atoms with Gasteiger partial charge in [-0.05, 0) is 29.8 Å². The van der Waals surface area contributed by atoms with E-state index in [9.17, 15) is 14.3 Å². The smallest absolute Gasteiger partial charge is 0.282 e. The van der Waals surface area contributed by atoms with Gasteiger partial charge in [0.1, 0.15) is 23.0 Å². The number of carbonyl (C=O) groups is 1. The van der Waals surface area contributed by atoms with Crippen LogP contribution in [0.4, 0.5) is 4.39 Å². The van der Waals surface area contributed by atoms with Gasteiger partial charge in [0.15, 0.2) is 5.84 Å². The van der Waals surface area contributed by atoms with Gasteiger partial charge in [-0.25, -0.2) is 14.4 Å². The Morgan fingerprint density at radius 2 is 1.90 bits per heavy atom. The van der Waals surface area contributed by atoms with Crippen LogP contribution in [0.25, 0.3) is 11.8 Å². The molecule has 2 aliphatic rings. The predicted molar refractivity (Wildman–Crippen MR) is 115 cm³/mol. The predicted octanol–water partition coefficient (Wildman–Crippen LogP) is 4.40. The first-order valence-corrected chi connectivity index (χ1v) is 9.58. The van der Waals surface area contributed by atoms with Gasteiger partial charge in [-0.15, -0.1) is 0 Å². The number of phenols is 1. The topological polar surface area (TPSA) is 78.4 Å². The second kappa shape index (κ2) is 7.53. The van der Waals surface area contributed by atoms with Crippen LogP contribution in [0, 0.1) is 5.82 Å². The fourth-order valence-electron chi connectivity index (χ4n) is 3.48. The van der Waals surface area contributed by atoms with Crippen molar-refractivity contribution in [2.75, 3.05) is 0 Å². The number of aromatic hydroxyl groups is 1. The standard InChI is InChI=1S/C24H16FN3O3/c25-17-10-16(11-18(29)12-17)22-14-28-23(20(26-22)9-15-5-2-1-3-6-15)27-21(24(28)30)13-19-7-4-8-31-19/h1-8,10-14,29H,9H2/b21-13-. The van der Waals surface area contributed by atoms with Gasteiger partial charge < -0.3 is 9.52 Å². The molecule has 1 aromatic heterocycles. The number of hydrogen-bond donors (Lipinski definition) is 1. The first-order chi connectivity index (χ1) is 15.1. The summed E-state index contributed by atoms with van der Waals surface area (Å²) < 4.78 is 19.2. The van der Waals surface area contributed by atoms with Gasteiger partial charge in [-0.1, -0.05) is 30.3 Å². The van der Waals surface area contributed by atoms with Crippen molar-refractivity contribution < 1.29 is 18.7 Å². The molecule has 0 unspecified atom stereocenters. The van der Waals surface area contributed by atoms with E-state index < -0.39 is 5.82 Å². The second-order valence-electron chi connectivity index (χ2n) is 7.09. The molecule has 1 amide bonds. The van der Waals surface area contributed by atoms with Crippen molar-refractivity contribution in [3.63, 3.8) is 0 Å². The van der Waals surface area contributed by atoms with Gasteiger partial charge in [-0.2, -0.15) is 0 Å². The maximum absolute atomic E-state index is 13.9. The van der Waals surface area contributed by atoms with E-state index in [1.54, 1.807) is 18.2 Å². The summed E-state index contributed by atoms with van der Waals surface area (Å²) in [7, 11) is 0. The summed E-state index contributed by atoms with van der Waals surface area (Å²) >= 11 is 0. The molecule has 0 aliphatic carbocycles. The second-order valence-corrected chi connectivity index (χ2v) is 7.09. The quantitative estimate of drug-likeness (QED) is 0.644. The number of amidine groups is 1. The summed E-state index contributed by atoms with van der Waals surface area (Å²) in [4.78, 5) is 23.6. The van der Waals surface area contributed by atoms with Crippen LogP contribution in [0.1, 0.15) is 16.9 Å². The van der Waals surface area contributed by atoms with E-state index in [0.29, 0.717) is 35.0 Å². The van der Waals surface area contributed by atoms with Gasteiger partial charge in [0.05, 0.1) is 17.7 Å². The highest BCUT2D eigenvalue weighted by Gasteiger charge is 2.35. The molecule has 6 nitrogen and oxygen atoms in total. The molecular weight excluding hydrogens is 397 g/mol. The zero-order chi connectivity index (χ0) is 21.4. The SMILES string of the molecule is O=C1/C(=C/c2ccco2)N=C2C(Cc3ccccc3)=NC(c3cc(O)cc(F)c3)=CN12. The van der Waals surface area contributed by atoms with E-state index in [-0.39, 0.29) is 17.4 Å². The molecule has 3 heterocycles. The lowest BCUT2D eigenvalue weighted by molar-refractivity contribution is -0.120. The average molecular weight is 413 g/mol. The maximum Gasteiger partial charge on any atom is 0.282 e. The summed E-state index contributed by atoms with van der Waals surface area (Å²) in [5.41, 5.74) is 2.47. The van der Waals surface area contributed by atoms with Crippen molar-refractivity contribution in [3.05, 3.63) is 102 Å². The average Bonchev–Trinajstić information content (AvgIpc) is 3.37. The maximum atomic E-state index is 13.9. The number of carbonyl (C=O) groups excluding carboxylic acids is 1. The molecule has 31 heavy (non-hydrogen) atoms. The minimum absolute atomic E-state index is 0.213. The molecule has 0 saturated carbocycles. The molecule has 0 bridgehead atoms. The lowest BCUT2D eigenvalue weighted by Crippen LogP contribution is -2.36. The Morgan fingerprint density at radius 1 is 1.06 bits per heavy atom. The summed E-state index contributed by atoms with van der Waals surface area (Å²) in [6.45, 7) is 0. The highest BCUT2D eigenvalue weighted by atomic mass is 19.1. The fraction of sp³-hybridized carbons (Fsp3) is 0.0417. The van der Waals surface area contributed by atoms with E-state index in [1.807, 2.05) is 30.3 Å². The first-order valence-electron chi connectivity index (χ1n) is 9.58. The molecular formula is C24H16FN3O3. The van der Waals surface area contributed by atoms with Crippen LogP contribution >= 0.6 is 0 Å². The molecule has 1 N–H and O–H groups in total. The number of phenolic OH excluding ortho intramolecular Hbond substituents is 1. The highest BCUT2D eigenvalue weighted by Crippen LogP contribution is 2.30. The monoisotopic (exact) mass is 413 g/mol. The third-order valence-electron chi connectivity index (χ3n) is 4.87. The van der Waals surface area contributed by atoms with Crippen LogP contribution in [0.15, 0.2) is 93.2 Å². The minimum Gasteiger partial charge on any atom is -0.508 e. The zero-order valence-electron chi connectivity index (χ0n) is 16.2. The molecule has 0 fully saturated rings. The van der Waals surface area contributed by atoms with Crippen molar-refractivity contribution in [2.24, 2.45) is 9.98 Å². The van der Waals surface area contributed by atoms with Crippen LogP contribution < -0.4 is 0 Å². The first kappa shape index (κ1) is 18.7. The number of halogens is 1. The number of hydrogen-bond acceptors (Lipinski definition) is 5. The van der Waals surface area contributed by atoms with Crippen molar-refractivity contribution in [3.8, 4) is 5.75 Å². The Balaban J connectivity index is 1.60. The lowest BCUT2D eigenvalue weighted by atomic mass is 10.0. The number of furan rings is 1. The Kier molecular flexibility index (Phi) is 4.55. The number of benzene rings is 2. The fourth-order valence-corrected chi connectivity index (χ4v) is 3.48. The van der Waals surface area contributed by atoms with Gasteiger partial charge in [0.25, 0.3) is 5.91 Å².